The van der Waals surface area contributed by atoms with Crippen LogP contribution in [0, 0.1) is 25.5 Å². The summed E-state index contributed by atoms with van der Waals surface area (Å²) in [5, 5.41) is 10.5. The Morgan fingerprint density at radius 2 is 1.81 bits per heavy atom. The van der Waals surface area contributed by atoms with E-state index in [0.29, 0.717) is 22.5 Å². The van der Waals surface area contributed by atoms with E-state index in [1.54, 1.807) is 78.3 Å². The van der Waals surface area contributed by atoms with Gasteiger partial charge in [-0.25, -0.2) is 8.78 Å². The highest BCUT2D eigenvalue weighted by atomic mass is 35.5. The summed E-state index contributed by atoms with van der Waals surface area (Å²) in [5.74, 6) is -1.62. The molecule has 2 aromatic carbocycles. The summed E-state index contributed by atoms with van der Waals surface area (Å²) in [4.78, 5) is 31.9. The Balaban J connectivity index is 1.53. The lowest BCUT2D eigenvalue weighted by Gasteiger charge is -2.19. The predicted molar refractivity (Wildman–Crippen MR) is 159 cm³/mol. The molecule has 2 aromatic heterocycles. The Morgan fingerprint density at radius 3 is 2.48 bits per heavy atom. The maximum atomic E-state index is 15.5. The molecule has 0 saturated heterocycles. The molecule has 42 heavy (non-hydrogen) atoms. The standard InChI is InChI=1S/C33H32ClF2N3O3/c1-17-16-37-27(20-8-7-9-21(30(20)36)31(40)38(5)6)15-28(17)39-18(2)12-24(29(34)32(39)41)23-14-22(23)19-10-11-26(35)25(13-19)33(3,4)42/h7-13,15-16,22-23,42H,14H2,1-6H3/t22?,23-/m1/s1. The van der Waals surface area contributed by atoms with Gasteiger partial charge in [0.15, 0.2) is 0 Å². The zero-order chi connectivity index (χ0) is 30.7. The van der Waals surface area contributed by atoms with Crippen molar-refractivity contribution in [2.75, 3.05) is 14.1 Å². The van der Waals surface area contributed by atoms with E-state index in [9.17, 15) is 19.1 Å². The van der Waals surface area contributed by atoms with E-state index in [-0.39, 0.29) is 39.2 Å². The van der Waals surface area contributed by atoms with Crippen LogP contribution in [-0.4, -0.2) is 39.6 Å². The summed E-state index contributed by atoms with van der Waals surface area (Å²) in [6.07, 6.45) is 2.29. The third kappa shape index (κ3) is 5.25. The molecule has 1 amide bonds. The average Bonchev–Trinajstić information content (AvgIpc) is 3.72. The fourth-order valence-electron chi connectivity index (χ4n) is 5.49. The van der Waals surface area contributed by atoms with Crippen molar-refractivity contribution >= 4 is 17.5 Å². The first kappa shape index (κ1) is 29.6. The summed E-state index contributed by atoms with van der Waals surface area (Å²) < 4.78 is 31.3. The second kappa shape index (κ2) is 10.7. The number of nitrogens with zero attached hydrogens (tertiary/aromatic N) is 3. The number of hydrogen-bond donors (Lipinski definition) is 1. The van der Waals surface area contributed by atoms with Gasteiger partial charge in [-0.2, -0.15) is 0 Å². The minimum atomic E-state index is -1.33. The van der Waals surface area contributed by atoms with Crippen LogP contribution in [0.2, 0.25) is 5.02 Å². The van der Waals surface area contributed by atoms with E-state index < -0.39 is 28.7 Å². The van der Waals surface area contributed by atoms with Crippen LogP contribution >= 0.6 is 11.6 Å². The maximum absolute atomic E-state index is 15.5. The van der Waals surface area contributed by atoms with Gasteiger partial charge in [-0.1, -0.05) is 23.7 Å². The van der Waals surface area contributed by atoms with Crippen molar-refractivity contribution in [2.45, 2.75) is 51.6 Å². The zero-order valence-electron chi connectivity index (χ0n) is 24.3. The quantitative estimate of drug-likeness (QED) is 0.272. The normalized spacial score (nSPS) is 16.4. The van der Waals surface area contributed by atoms with Crippen molar-refractivity contribution in [2.24, 2.45) is 0 Å². The molecule has 2 heterocycles. The smallest absolute Gasteiger partial charge is 0.274 e. The van der Waals surface area contributed by atoms with Crippen LogP contribution in [0.1, 0.15) is 70.4 Å². The number of halogens is 3. The van der Waals surface area contributed by atoms with Crippen molar-refractivity contribution < 1.29 is 18.7 Å². The third-order valence-corrected chi connectivity index (χ3v) is 8.24. The molecule has 1 aliphatic rings. The molecule has 9 heteroatoms. The Kier molecular flexibility index (Phi) is 7.58. The molecular formula is C33H32ClF2N3O3. The Hall–Kier alpha value is -3.88. The van der Waals surface area contributed by atoms with Gasteiger partial charge in [-0.3, -0.25) is 19.1 Å². The first-order valence-electron chi connectivity index (χ1n) is 13.6. The molecule has 0 bridgehead atoms. The highest BCUT2D eigenvalue weighted by Crippen LogP contribution is 2.56. The molecule has 0 aliphatic heterocycles. The van der Waals surface area contributed by atoms with Gasteiger partial charge >= 0.3 is 0 Å². The molecule has 1 saturated carbocycles. The number of carbonyl (C=O) groups is 1. The molecule has 1 aliphatic carbocycles. The van der Waals surface area contributed by atoms with Gasteiger partial charge in [0.1, 0.15) is 16.7 Å². The van der Waals surface area contributed by atoms with E-state index in [2.05, 4.69) is 4.98 Å². The van der Waals surface area contributed by atoms with E-state index in [0.717, 1.165) is 12.0 Å². The molecule has 1 N–H and O–H groups in total. The number of carbonyl (C=O) groups excluding carboxylic acids is 1. The number of aliphatic hydroxyl groups is 1. The lowest BCUT2D eigenvalue weighted by Crippen LogP contribution is -2.23. The highest BCUT2D eigenvalue weighted by Gasteiger charge is 2.42. The first-order valence-corrected chi connectivity index (χ1v) is 14.0. The van der Waals surface area contributed by atoms with E-state index >= 15 is 4.39 Å². The van der Waals surface area contributed by atoms with Gasteiger partial charge < -0.3 is 10.0 Å². The second-order valence-electron chi connectivity index (χ2n) is 11.7. The number of amides is 1. The Bertz CT molecular complexity index is 1790. The average molecular weight is 592 g/mol. The van der Waals surface area contributed by atoms with Crippen LogP contribution in [0.4, 0.5) is 8.78 Å². The van der Waals surface area contributed by atoms with Crippen molar-refractivity contribution in [1.82, 2.24) is 14.5 Å². The molecule has 0 radical (unpaired) electrons. The van der Waals surface area contributed by atoms with Crippen molar-refractivity contribution in [3.63, 3.8) is 0 Å². The fourth-order valence-corrected chi connectivity index (χ4v) is 5.77. The van der Waals surface area contributed by atoms with Gasteiger partial charge in [-0.15, -0.1) is 0 Å². The fraction of sp³-hybridized carbons (Fsp3) is 0.303. The SMILES string of the molecule is Cc1cnc(-c2cccc(C(=O)N(C)C)c2F)cc1-n1c(C)cc([C@@H]2CC2c2ccc(F)c(C(C)(C)O)c2)c(Cl)c1=O. The first-order chi connectivity index (χ1) is 19.7. The number of hydrogen-bond acceptors (Lipinski definition) is 4. The van der Waals surface area contributed by atoms with E-state index in [4.69, 9.17) is 11.6 Å². The number of aromatic nitrogens is 2. The van der Waals surface area contributed by atoms with Crippen LogP contribution in [-0.2, 0) is 5.60 Å². The molecule has 218 valence electrons. The van der Waals surface area contributed by atoms with Gasteiger partial charge in [0.05, 0.1) is 22.5 Å². The Morgan fingerprint density at radius 1 is 1.10 bits per heavy atom. The molecular weight excluding hydrogens is 560 g/mol. The molecule has 1 unspecified atom stereocenters. The van der Waals surface area contributed by atoms with Gasteiger partial charge in [0, 0.05) is 37.1 Å². The minimum absolute atomic E-state index is 0.0289. The van der Waals surface area contributed by atoms with Gasteiger partial charge in [0.25, 0.3) is 11.5 Å². The lowest BCUT2D eigenvalue weighted by molar-refractivity contribution is 0.0744. The summed E-state index contributed by atoms with van der Waals surface area (Å²) in [5.41, 5.74) is 2.24. The van der Waals surface area contributed by atoms with Gasteiger partial charge in [0.2, 0.25) is 0 Å². The molecule has 5 rings (SSSR count). The minimum Gasteiger partial charge on any atom is -0.386 e. The molecule has 6 nitrogen and oxygen atoms in total. The van der Waals surface area contributed by atoms with E-state index in [1.807, 2.05) is 6.07 Å². The summed E-state index contributed by atoms with van der Waals surface area (Å²) in [7, 11) is 3.10. The molecule has 4 aromatic rings. The maximum Gasteiger partial charge on any atom is 0.274 e. The van der Waals surface area contributed by atoms with Crippen LogP contribution in [0.15, 0.2) is 59.5 Å². The molecule has 0 spiro atoms. The van der Waals surface area contributed by atoms with Crippen LogP contribution in [0.25, 0.3) is 16.9 Å². The van der Waals surface area contributed by atoms with Crippen molar-refractivity contribution in [3.8, 4) is 16.9 Å². The summed E-state index contributed by atoms with van der Waals surface area (Å²) >= 11 is 6.71. The number of pyridine rings is 2. The second-order valence-corrected chi connectivity index (χ2v) is 12.0. The van der Waals surface area contributed by atoms with Crippen LogP contribution < -0.4 is 5.56 Å². The van der Waals surface area contributed by atoms with Crippen molar-refractivity contribution in [3.05, 3.63) is 115 Å². The Labute approximate surface area is 248 Å². The van der Waals surface area contributed by atoms with E-state index in [1.165, 1.54) is 21.6 Å². The van der Waals surface area contributed by atoms with Crippen LogP contribution in [0.5, 0.6) is 0 Å². The number of aryl methyl sites for hydroxylation is 2. The molecule has 1 fully saturated rings. The lowest BCUT2D eigenvalue weighted by atomic mass is 9.94. The number of rotatable bonds is 6. The van der Waals surface area contributed by atoms with Crippen LogP contribution in [0.3, 0.4) is 0 Å². The largest absolute Gasteiger partial charge is 0.386 e. The van der Waals surface area contributed by atoms with Crippen molar-refractivity contribution in [1.29, 1.82) is 0 Å². The number of benzene rings is 2. The third-order valence-electron chi connectivity index (χ3n) is 7.86. The van der Waals surface area contributed by atoms with Gasteiger partial charge in [-0.05, 0) is 99.0 Å². The molecule has 2 atom stereocenters. The highest BCUT2D eigenvalue weighted by molar-refractivity contribution is 6.31. The summed E-state index contributed by atoms with van der Waals surface area (Å²) in [6.45, 7) is 6.69. The monoisotopic (exact) mass is 591 g/mol. The zero-order valence-corrected chi connectivity index (χ0v) is 25.1. The predicted octanol–water partition coefficient (Wildman–Crippen LogP) is 6.65. The topological polar surface area (TPSA) is 75.4 Å². The summed E-state index contributed by atoms with van der Waals surface area (Å²) in [6, 6.07) is 12.8.